The molecule has 0 bridgehead atoms. The molecule has 0 aromatic heterocycles. The van der Waals surface area contributed by atoms with E-state index in [2.05, 4.69) is 23.8 Å². The summed E-state index contributed by atoms with van der Waals surface area (Å²) in [6.45, 7) is 3.86. The van der Waals surface area contributed by atoms with Gasteiger partial charge in [0.15, 0.2) is 0 Å². The molecular weight excluding hydrogens is 148 g/mol. The van der Waals surface area contributed by atoms with Crippen LogP contribution in [-0.2, 0) is 0 Å². The molecule has 1 aromatic rings. The zero-order valence-corrected chi connectivity index (χ0v) is 7.91. The molecular formula is C10H15N2+. The van der Waals surface area contributed by atoms with Crippen molar-refractivity contribution >= 4 is 18.1 Å². The number of rotatable bonds is 2. The van der Waals surface area contributed by atoms with E-state index in [-0.39, 0.29) is 0 Å². The summed E-state index contributed by atoms with van der Waals surface area (Å²) in [6.07, 6.45) is 0. The van der Waals surface area contributed by atoms with Gasteiger partial charge in [0.1, 0.15) is 19.5 Å². The van der Waals surface area contributed by atoms with Gasteiger partial charge in [0, 0.05) is 20.2 Å². The van der Waals surface area contributed by atoms with Crippen molar-refractivity contribution in [3.8, 4) is 0 Å². The Kier molecular flexibility index (Phi) is 2.48. The second-order valence-electron chi connectivity index (χ2n) is 3.08. The summed E-state index contributed by atoms with van der Waals surface area (Å²) >= 11 is 0. The van der Waals surface area contributed by atoms with Gasteiger partial charge < -0.3 is 4.90 Å². The first-order valence-corrected chi connectivity index (χ1v) is 3.93. The van der Waals surface area contributed by atoms with Crippen LogP contribution in [0.2, 0.25) is 0 Å². The van der Waals surface area contributed by atoms with Gasteiger partial charge in [0.2, 0.25) is 5.69 Å². The van der Waals surface area contributed by atoms with Crippen LogP contribution in [0.1, 0.15) is 0 Å². The molecule has 0 saturated heterocycles. The predicted octanol–water partition coefficient (Wildman–Crippen LogP) is 1.73. The van der Waals surface area contributed by atoms with Crippen molar-refractivity contribution in [3.63, 3.8) is 0 Å². The minimum atomic E-state index is 1.14. The fourth-order valence-electron chi connectivity index (χ4n) is 1.17. The molecule has 12 heavy (non-hydrogen) atoms. The third-order valence-corrected chi connectivity index (χ3v) is 1.77. The predicted molar refractivity (Wildman–Crippen MR) is 53.7 cm³/mol. The van der Waals surface area contributed by atoms with Gasteiger partial charge in [0.05, 0.1) is 0 Å². The van der Waals surface area contributed by atoms with Gasteiger partial charge in [-0.15, -0.1) is 0 Å². The van der Waals surface area contributed by atoms with Crippen molar-refractivity contribution in [1.29, 1.82) is 0 Å². The first-order valence-electron chi connectivity index (χ1n) is 3.93. The van der Waals surface area contributed by atoms with E-state index < -0.39 is 0 Å². The average Bonchev–Trinajstić information content (AvgIpc) is 2.04. The van der Waals surface area contributed by atoms with E-state index >= 15 is 0 Å². The molecule has 0 heterocycles. The molecule has 0 aliphatic rings. The van der Waals surface area contributed by atoms with Crippen molar-refractivity contribution in [2.75, 3.05) is 26.0 Å². The highest BCUT2D eigenvalue weighted by Crippen LogP contribution is 2.24. The third-order valence-electron chi connectivity index (χ3n) is 1.77. The quantitative estimate of drug-likeness (QED) is 0.475. The van der Waals surface area contributed by atoms with Crippen molar-refractivity contribution in [3.05, 3.63) is 24.3 Å². The van der Waals surface area contributed by atoms with E-state index in [9.17, 15) is 0 Å². The summed E-state index contributed by atoms with van der Waals surface area (Å²) in [4.78, 5) is 2.08. The lowest BCUT2D eigenvalue weighted by atomic mass is 10.2. The normalized spacial score (nSPS) is 9.58. The van der Waals surface area contributed by atoms with E-state index in [1.807, 2.05) is 37.9 Å². The second-order valence-corrected chi connectivity index (χ2v) is 3.08. The van der Waals surface area contributed by atoms with E-state index in [1.165, 1.54) is 5.69 Å². The number of hydrogen-bond donors (Lipinski definition) is 0. The van der Waals surface area contributed by atoms with Crippen molar-refractivity contribution < 1.29 is 4.58 Å². The molecule has 0 aliphatic heterocycles. The number of nitrogens with zero attached hydrogens (tertiary/aromatic N) is 2. The van der Waals surface area contributed by atoms with Gasteiger partial charge in [-0.25, -0.2) is 4.58 Å². The molecule has 1 rings (SSSR count). The highest BCUT2D eigenvalue weighted by atomic mass is 15.1. The zero-order chi connectivity index (χ0) is 9.14. The molecule has 0 spiro atoms. The third kappa shape index (κ3) is 1.64. The Morgan fingerprint density at radius 2 is 1.83 bits per heavy atom. The molecule has 0 aliphatic carbocycles. The zero-order valence-electron chi connectivity index (χ0n) is 7.91. The lowest BCUT2D eigenvalue weighted by molar-refractivity contribution is -0.393. The standard InChI is InChI=1S/C10H15N2/c1-11(2)9-7-5-6-8-10(9)12(3)4/h5-8H,1H2,2-4H3/q+1. The molecule has 0 N–H and O–H groups in total. The monoisotopic (exact) mass is 163 g/mol. The van der Waals surface area contributed by atoms with Crippen LogP contribution in [0.3, 0.4) is 0 Å². The summed E-state index contributed by atoms with van der Waals surface area (Å²) in [5.41, 5.74) is 2.33. The topological polar surface area (TPSA) is 6.25 Å². The van der Waals surface area contributed by atoms with Gasteiger partial charge in [-0.2, -0.15) is 0 Å². The Labute approximate surface area is 73.8 Å². The van der Waals surface area contributed by atoms with E-state index in [0.29, 0.717) is 0 Å². The van der Waals surface area contributed by atoms with E-state index in [1.54, 1.807) is 0 Å². The lowest BCUT2D eigenvalue weighted by Gasteiger charge is -2.12. The van der Waals surface area contributed by atoms with Crippen LogP contribution in [0.5, 0.6) is 0 Å². The van der Waals surface area contributed by atoms with Crippen LogP contribution in [-0.4, -0.2) is 32.4 Å². The van der Waals surface area contributed by atoms with Crippen LogP contribution in [0.15, 0.2) is 24.3 Å². The molecule has 1 aromatic carbocycles. The summed E-state index contributed by atoms with van der Waals surface area (Å²) in [7, 11) is 6.01. The number of hydrogen-bond acceptors (Lipinski definition) is 1. The first-order chi connectivity index (χ1) is 5.63. The molecule has 0 atom stereocenters. The molecule has 0 fully saturated rings. The fraction of sp³-hybridized carbons (Fsp3) is 0.300. The first kappa shape index (κ1) is 8.78. The second kappa shape index (κ2) is 3.39. The smallest absolute Gasteiger partial charge is 0.228 e. The van der Waals surface area contributed by atoms with Gasteiger partial charge >= 0.3 is 0 Å². The minimum absolute atomic E-state index is 1.14. The average molecular weight is 163 g/mol. The SMILES string of the molecule is C=[N+](C)c1ccccc1N(C)C. The molecule has 0 radical (unpaired) electrons. The van der Waals surface area contributed by atoms with E-state index in [4.69, 9.17) is 0 Å². The molecule has 0 amide bonds. The van der Waals surface area contributed by atoms with Crippen LogP contribution in [0, 0.1) is 0 Å². The van der Waals surface area contributed by atoms with Crippen LogP contribution in [0.25, 0.3) is 0 Å². The molecule has 2 nitrogen and oxygen atoms in total. The summed E-state index contributed by atoms with van der Waals surface area (Å²) < 4.78 is 1.87. The molecule has 0 unspecified atom stereocenters. The van der Waals surface area contributed by atoms with Crippen molar-refractivity contribution in [1.82, 2.24) is 0 Å². The van der Waals surface area contributed by atoms with Crippen molar-refractivity contribution in [2.24, 2.45) is 0 Å². The minimum Gasteiger partial charge on any atom is -0.372 e. The number of para-hydroxylation sites is 2. The van der Waals surface area contributed by atoms with Gasteiger partial charge in [-0.1, -0.05) is 12.1 Å². The highest BCUT2D eigenvalue weighted by Gasteiger charge is 2.08. The lowest BCUT2D eigenvalue weighted by Crippen LogP contribution is -2.11. The molecule has 0 saturated carbocycles. The van der Waals surface area contributed by atoms with Crippen LogP contribution >= 0.6 is 0 Å². The Balaban J connectivity index is 3.17. The highest BCUT2D eigenvalue weighted by molar-refractivity contribution is 5.62. The largest absolute Gasteiger partial charge is 0.372 e. The van der Waals surface area contributed by atoms with Gasteiger partial charge in [-0.05, 0) is 6.07 Å². The number of benzene rings is 1. The summed E-state index contributed by atoms with van der Waals surface area (Å²) in [6, 6.07) is 8.19. The molecule has 64 valence electrons. The maximum absolute atomic E-state index is 3.86. The van der Waals surface area contributed by atoms with Crippen LogP contribution in [0.4, 0.5) is 11.4 Å². The van der Waals surface area contributed by atoms with Gasteiger partial charge in [-0.3, -0.25) is 0 Å². The van der Waals surface area contributed by atoms with Crippen LogP contribution < -0.4 is 4.90 Å². The Hall–Kier alpha value is -1.31. The summed E-state index contributed by atoms with van der Waals surface area (Å²) in [5, 5.41) is 0. The van der Waals surface area contributed by atoms with Crippen molar-refractivity contribution in [2.45, 2.75) is 0 Å². The Morgan fingerprint density at radius 1 is 1.25 bits per heavy atom. The Bertz CT molecular complexity index is 290. The maximum atomic E-state index is 3.86. The summed E-state index contributed by atoms with van der Waals surface area (Å²) in [5.74, 6) is 0. The van der Waals surface area contributed by atoms with E-state index in [0.717, 1.165) is 5.69 Å². The maximum Gasteiger partial charge on any atom is 0.228 e. The van der Waals surface area contributed by atoms with Gasteiger partial charge in [0.25, 0.3) is 0 Å². The number of anilines is 1. The Morgan fingerprint density at radius 3 is 2.25 bits per heavy atom. The fourth-order valence-corrected chi connectivity index (χ4v) is 1.17. The molecule has 2 heteroatoms.